The molecule has 1 saturated carbocycles. The fourth-order valence-electron chi connectivity index (χ4n) is 3.87. The van der Waals surface area contributed by atoms with Gasteiger partial charge in [-0.15, -0.1) is 0 Å². The van der Waals surface area contributed by atoms with Crippen molar-refractivity contribution in [2.45, 2.75) is 76.7 Å². The zero-order valence-corrected chi connectivity index (χ0v) is 13.6. The van der Waals surface area contributed by atoms with E-state index in [0.717, 1.165) is 45.3 Å². The zero-order valence-electron chi connectivity index (χ0n) is 13.6. The summed E-state index contributed by atoms with van der Waals surface area (Å²) in [7, 11) is 0. The Balaban J connectivity index is 2.05. The lowest BCUT2D eigenvalue weighted by molar-refractivity contribution is -0.148. The number of nitrogens with one attached hydrogen (secondary N) is 1. The average molecular weight is 298 g/mol. The summed E-state index contributed by atoms with van der Waals surface area (Å²) in [6.07, 6.45) is 4.97. The maximum Gasteiger partial charge on any atom is 0.323 e. The van der Waals surface area contributed by atoms with E-state index in [1.54, 1.807) is 0 Å². The molecule has 0 amide bonds. The summed E-state index contributed by atoms with van der Waals surface area (Å²) < 4.78 is 5.80. The Bertz CT molecular complexity index is 353. The monoisotopic (exact) mass is 298 g/mol. The minimum atomic E-state index is -0.732. The van der Waals surface area contributed by atoms with E-state index in [4.69, 9.17) is 4.74 Å². The number of nitrogens with zero attached hydrogens (tertiary/aromatic N) is 1. The molecular weight excluding hydrogens is 268 g/mol. The summed E-state index contributed by atoms with van der Waals surface area (Å²) in [5, 5.41) is 13.0. The number of rotatable bonds is 5. The molecule has 0 spiro atoms. The van der Waals surface area contributed by atoms with Crippen LogP contribution >= 0.6 is 0 Å². The second-order valence-electron chi connectivity index (χ2n) is 6.78. The second kappa shape index (κ2) is 7.07. The molecule has 2 rings (SSSR count). The van der Waals surface area contributed by atoms with Gasteiger partial charge in [-0.2, -0.15) is 0 Å². The SMILES string of the molecule is CCCNC1(C(=O)O)CCCC(N2CC(C)OC(C)C2)C1. The van der Waals surface area contributed by atoms with Crippen LogP contribution in [0.3, 0.4) is 0 Å². The molecule has 5 nitrogen and oxygen atoms in total. The molecule has 0 aromatic carbocycles. The number of carboxylic acid groups (broad SMARTS) is 1. The lowest BCUT2D eigenvalue weighted by Gasteiger charge is -2.46. The fourth-order valence-corrected chi connectivity index (χ4v) is 3.87. The highest BCUT2D eigenvalue weighted by Gasteiger charge is 2.44. The van der Waals surface area contributed by atoms with Crippen molar-refractivity contribution < 1.29 is 14.6 Å². The third kappa shape index (κ3) is 3.96. The summed E-state index contributed by atoms with van der Waals surface area (Å²) in [4.78, 5) is 14.3. The smallest absolute Gasteiger partial charge is 0.323 e. The van der Waals surface area contributed by atoms with Gasteiger partial charge in [0, 0.05) is 19.1 Å². The van der Waals surface area contributed by atoms with Gasteiger partial charge in [0.2, 0.25) is 0 Å². The number of morpholine rings is 1. The Morgan fingerprint density at radius 2 is 2.05 bits per heavy atom. The third-order valence-corrected chi connectivity index (χ3v) is 4.81. The molecule has 4 atom stereocenters. The minimum Gasteiger partial charge on any atom is -0.480 e. The summed E-state index contributed by atoms with van der Waals surface area (Å²) >= 11 is 0. The van der Waals surface area contributed by atoms with Crippen molar-refractivity contribution >= 4 is 5.97 Å². The molecule has 122 valence electrons. The highest BCUT2D eigenvalue weighted by molar-refractivity contribution is 5.79. The number of carboxylic acids is 1. The molecule has 1 heterocycles. The molecule has 2 fully saturated rings. The third-order valence-electron chi connectivity index (χ3n) is 4.81. The van der Waals surface area contributed by atoms with Gasteiger partial charge in [0.05, 0.1) is 12.2 Å². The second-order valence-corrected chi connectivity index (χ2v) is 6.78. The van der Waals surface area contributed by atoms with E-state index in [9.17, 15) is 9.90 Å². The largest absolute Gasteiger partial charge is 0.480 e. The molecule has 1 saturated heterocycles. The van der Waals surface area contributed by atoms with Crippen molar-refractivity contribution in [3.8, 4) is 0 Å². The topological polar surface area (TPSA) is 61.8 Å². The predicted octanol–water partition coefficient (Wildman–Crippen LogP) is 1.86. The van der Waals surface area contributed by atoms with Crippen molar-refractivity contribution in [2.75, 3.05) is 19.6 Å². The Morgan fingerprint density at radius 3 is 2.62 bits per heavy atom. The van der Waals surface area contributed by atoms with Gasteiger partial charge in [-0.1, -0.05) is 6.92 Å². The van der Waals surface area contributed by atoms with Crippen LogP contribution in [0.4, 0.5) is 0 Å². The van der Waals surface area contributed by atoms with Gasteiger partial charge in [-0.3, -0.25) is 9.69 Å². The lowest BCUT2D eigenvalue weighted by Crippen LogP contribution is -2.60. The molecule has 0 aromatic heterocycles. The summed E-state index contributed by atoms with van der Waals surface area (Å²) in [6, 6.07) is 0.355. The van der Waals surface area contributed by atoms with Crippen LogP contribution in [-0.4, -0.2) is 59.4 Å². The van der Waals surface area contributed by atoms with E-state index in [-0.39, 0.29) is 12.2 Å². The number of aliphatic carboxylic acids is 1. The summed E-state index contributed by atoms with van der Waals surface area (Å²) in [5.41, 5.74) is -0.732. The Kier molecular flexibility index (Phi) is 5.63. The van der Waals surface area contributed by atoms with E-state index in [1.807, 2.05) is 0 Å². The van der Waals surface area contributed by atoms with Crippen LogP contribution in [0.15, 0.2) is 0 Å². The van der Waals surface area contributed by atoms with Crippen LogP contribution < -0.4 is 5.32 Å². The number of ether oxygens (including phenoxy) is 1. The molecule has 2 N–H and O–H groups in total. The molecular formula is C16H30N2O3. The first-order chi connectivity index (χ1) is 9.97. The number of hydrogen-bond donors (Lipinski definition) is 2. The van der Waals surface area contributed by atoms with Crippen LogP contribution in [-0.2, 0) is 9.53 Å². The van der Waals surface area contributed by atoms with Crippen LogP contribution in [0.2, 0.25) is 0 Å². The van der Waals surface area contributed by atoms with Gasteiger partial charge >= 0.3 is 5.97 Å². The van der Waals surface area contributed by atoms with Crippen molar-refractivity contribution in [2.24, 2.45) is 0 Å². The van der Waals surface area contributed by atoms with Gasteiger partial charge < -0.3 is 15.2 Å². The Hall–Kier alpha value is -0.650. The number of carbonyl (C=O) groups is 1. The molecule has 0 bridgehead atoms. The van der Waals surface area contributed by atoms with E-state index in [0.29, 0.717) is 12.5 Å². The molecule has 4 unspecified atom stereocenters. The fraction of sp³-hybridized carbons (Fsp3) is 0.938. The van der Waals surface area contributed by atoms with E-state index >= 15 is 0 Å². The maximum absolute atomic E-state index is 11.8. The number of hydrogen-bond acceptors (Lipinski definition) is 4. The van der Waals surface area contributed by atoms with Crippen LogP contribution in [0.1, 0.15) is 52.9 Å². The van der Waals surface area contributed by atoms with Crippen molar-refractivity contribution in [1.29, 1.82) is 0 Å². The van der Waals surface area contributed by atoms with Gasteiger partial charge in [-0.25, -0.2) is 0 Å². The van der Waals surface area contributed by atoms with Gasteiger partial charge in [-0.05, 0) is 52.5 Å². The normalized spacial score (nSPS) is 38.3. The Morgan fingerprint density at radius 1 is 1.38 bits per heavy atom. The first-order valence-corrected chi connectivity index (χ1v) is 8.35. The quantitative estimate of drug-likeness (QED) is 0.811. The molecule has 1 aliphatic carbocycles. The maximum atomic E-state index is 11.8. The molecule has 1 aliphatic heterocycles. The highest BCUT2D eigenvalue weighted by atomic mass is 16.5. The summed E-state index contributed by atoms with van der Waals surface area (Å²) in [6.45, 7) is 8.89. The van der Waals surface area contributed by atoms with Crippen LogP contribution in [0.5, 0.6) is 0 Å². The van der Waals surface area contributed by atoms with Crippen molar-refractivity contribution in [3.63, 3.8) is 0 Å². The zero-order chi connectivity index (χ0) is 15.5. The average Bonchev–Trinajstić information content (AvgIpc) is 2.44. The molecule has 0 radical (unpaired) electrons. The standard InChI is InChI=1S/C16H30N2O3/c1-4-8-17-16(15(19)20)7-5-6-14(9-16)18-10-12(2)21-13(3)11-18/h12-14,17H,4-11H2,1-3H3,(H,19,20). The Labute approximate surface area is 128 Å². The van der Waals surface area contributed by atoms with Gasteiger partial charge in [0.1, 0.15) is 5.54 Å². The molecule has 21 heavy (non-hydrogen) atoms. The molecule has 5 heteroatoms. The first-order valence-electron chi connectivity index (χ1n) is 8.35. The van der Waals surface area contributed by atoms with E-state index < -0.39 is 11.5 Å². The van der Waals surface area contributed by atoms with Crippen molar-refractivity contribution in [3.05, 3.63) is 0 Å². The van der Waals surface area contributed by atoms with E-state index in [1.165, 1.54) is 0 Å². The lowest BCUT2D eigenvalue weighted by atomic mass is 9.78. The van der Waals surface area contributed by atoms with Gasteiger partial charge in [0.15, 0.2) is 0 Å². The van der Waals surface area contributed by atoms with Gasteiger partial charge in [0.25, 0.3) is 0 Å². The van der Waals surface area contributed by atoms with Crippen molar-refractivity contribution in [1.82, 2.24) is 10.2 Å². The van der Waals surface area contributed by atoms with E-state index in [2.05, 4.69) is 31.0 Å². The van der Waals surface area contributed by atoms with Crippen LogP contribution in [0.25, 0.3) is 0 Å². The predicted molar refractivity (Wildman–Crippen MR) is 82.5 cm³/mol. The molecule has 2 aliphatic rings. The molecule has 0 aromatic rings. The first kappa shape index (κ1) is 16.7. The minimum absolute atomic E-state index is 0.235. The highest BCUT2D eigenvalue weighted by Crippen LogP contribution is 2.33. The van der Waals surface area contributed by atoms with Crippen LogP contribution in [0, 0.1) is 0 Å². The summed E-state index contributed by atoms with van der Waals surface area (Å²) in [5.74, 6) is -0.685.